The normalized spacial score (nSPS) is 15.7. The Balaban J connectivity index is 2.44. The fraction of sp³-hybridized carbons (Fsp3) is 0.462. The van der Waals surface area contributed by atoms with Gasteiger partial charge in [-0.15, -0.1) is 0 Å². The van der Waals surface area contributed by atoms with Crippen molar-refractivity contribution in [3.8, 4) is 6.07 Å². The summed E-state index contributed by atoms with van der Waals surface area (Å²) >= 11 is 0. The van der Waals surface area contributed by atoms with Crippen molar-refractivity contribution < 1.29 is 8.42 Å². The number of hydrogen-bond donors (Lipinski definition) is 0. The minimum absolute atomic E-state index is 0.162. The van der Waals surface area contributed by atoms with Gasteiger partial charge < -0.3 is 0 Å². The van der Waals surface area contributed by atoms with Crippen LogP contribution < -0.4 is 0 Å². The van der Waals surface area contributed by atoms with Crippen molar-refractivity contribution in [2.75, 3.05) is 6.54 Å². The van der Waals surface area contributed by atoms with Gasteiger partial charge in [0.1, 0.15) is 0 Å². The van der Waals surface area contributed by atoms with Crippen LogP contribution in [0.3, 0.4) is 0 Å². The lowest BCUT2D eigenvalue weighted by Crippen LogP contribution is -2.33. The predicted molar refractivity (Wildman–Crippen MR) is 68.5 cm³/mol. The molecule has 4 nitrogen and oxygen atoms in total. The summed E-state index contributed by atoms with van der Waals surface area (Å²) in [5, 5.41) is 8.80. The van der Waals surface area contributed by atoms with Gasteiger partial charge in [0, 0.05) is 12.6 Å². The van der Waals surface area contributed by atoms with Gasteiger partial charge in [0.2, 0.25) is 10.0 Å². The Kier molecular flexibility index (Phi) is 3.42. The van der Waals surface area contributed by atoms with E-state index in [2.05, 4.69) is 0 Å². The summed E-state index contributed by atoms with van der Waals surface area (Å²) in [6.45, 7) is 4.08. The molecule has 0 radical (unpaired) electrons. The maximum absolute atomic E-state index is 12.5. The third-order valence-corrected chi connectivity index (χ3v) is 5.34. The van der Waals surface area contributed by atoms with Gasteiger partial charge in [-0.2, -0.15) is 9.57 Å². The summed E-state index contributed by atoms with van der Waals surface area (Å²) in [6, 6.07) is 6.89. The number of nitrogens with zero attached hydrogens (tertiary/aromatic N) is 2. The van der Waals surface area contributed by atoms with Crippen molar-refractivity contribution in [2.45, 2.75) is 37.6 Å². The van der Waals surface area contributed by atoms with E-state index in [1.54, 1.807) is 23.4 Å². The third kappa shape index (κ3) is 2.26. The summed E-state index contributed by atoms with van der Waals surface area (Å²) < 4.78 is 26.6. The van der Waals surface area contributed by atoms with Crippen LogP contribution in [0, 0.1) is 18.3 Å². The smallest absolute Gasteiger partial charge is 0.207 e. The molecule has 0 heterocycles. The van der Waals surface area contributed by atoms with Gasteiger partial charge in [-0.25, -0.2) is 8.42 Å². The minimum atomic E-state index is -3.42. The Morgan fingerprint density at radius 1 is 1.44 bits per heavy atom. The van der Waals surface area contributed by atoms with E-state index in [0.717, 1.165) is 12.8 Å². The van der Waals surface area contributed by atoms with Gasteiger partial charge in [-0.3, -0.25) is 0 Å². The molecule has 1 saturated carbocycles. The average Bonchev–Trinajstić information content (AvgIpc) is 3.13. The Labute approximate surface area is 108 Å². The molecule has 0 aromatic heterocycles. The topological polar surface area (TPSA) is 61.2 Å². The van der Waals surface area contributed by atoms with Crippen LogP contribution in [0.2, 0.25) is 0 Å². The lowest BCUT2D eigenvalue weighted by Gasteiger charge is -2.21. The Morgan fingerprint density at radius 3 is 2.56 bits per heavy atom. The average molecular weight is 264 g/mol. The van der Waals surface area contributed by atoms with Crippen molar-refractivity contribution >= 4 is 10.0 Å². The van der Waals surface area contributed by atoms with Crippen molar-refractivity contribution in [3.05, 3.63) is 29.3 Å². The predicted octanol–water partition coefficient (Wildman–Crippen LogP) is 2.04. The van der Waals surface area contributed by atoms with Crippen LogP contribution in [-0.2, 0) is 10.0 Å². The largest absolute Gasteiger partial charge is 0.243 e. The molecule has 0 saturated heterocycles. The zero-order valence-corrected chi connectivity index (χ0v) is 11.4. The standard InChI is InChI=1S/C13H16N2O2S/c1-3-15(12-5-6-12)18(16,17)13-7-4-11(9-14)8-10(13)2/h4,7-8,12H,3,5-6H2,1-2H3. The van der Waals surface area contributed by atoms with E-state index in [1.807, 2.05) is 13.0 Å². The lowest BCUT2D eigenvalue weighted by molar-refractivity contribution is 0.420. The lowest BCUT2D eigenvalue weighted by atomic mass is 10.2. The molecule has 5 heteroatoms. The van der Waals surface area contributed by atoms with E-state index in [4.69, 9.17) is 5.26 Å². The number of aryl methyl sites for hydroxylation is 1. The second-order valence-electron chi connectivity index (χ2n) is 4.53. The SMILES string of the molecule is CCN(C1CC1)S(=O)(=O)c1ccc(C#N)cc1C. The van der Waals surface area contributed by atoms with E-state index in [9.17, 15) is 8.42 Å². The molecule has 1 aliphatic carbocycles. The van der Waals surface area contributed by atoms with E-state index >= 15 is 0 Å². The van der Waals surface area contributed by atoms with Crippen LogP contribution in [0.15, 0.2) is 23.1 Å². The number of benzene rings is 1. The zero-order valence-electron chi connectivity index (χ0n) is 10.5. The number of hydrogen-bond acceptors (Lipinski definition) is 3. The van der Waals surface area contributed by atoms with Gasteiger partial charge in [-0.1, -0.05) is 6.92 Å². The fourth-order valence-electron chi connectivity index (χ4n) is 2.12. The van der Waals surface area contributed by atoms with Crippen molar-refractivity contribution in [1.82, 2.24) is 4.31 Å². The van der Waals surface area contributed by atoms with Crippen LogP contribution in [0.1, 0.15) is 30.9 Å². The van der Waals surface area contributed by atoms with Crippen molar-refractivity contribution in [3.63, 3.8) is 0 Å². The first kappa shape index (κ1) is 13.1. The molecule has 0 unspecified atom stereocenters. The second kappa shape index (κ2) is 4.71. The minimum Gasteiger partial charge on any atom is -0.207 e. The van der Waals surface area contributed by atoms with Crippen molar-refractivity contribution in [2.24, 2.45) is 0 Å². The first-order valence-corrected chi connectivity index (χ1v) is 7.47. The monoisotopic (exact) mass is 264 g/mol. The van der Waals surface area contributed by atoms with Crippen LogP contribution in [0.5, 0.6) is 0 Å². The maximum Gasteiger partial charge on any atom is 0.243 e. The first-order chi connectivity index (χ1) is 8.50. The molecule has 0 spiro atoms. The summed E-state index contributed by atoms with van der Waals surface area (Å²) in [4.78, 5) is 0.315. The highest BCUT2D eigenvalue weighted by Gasteiger charge is 2.37. The number of sulfonamides is 1. The van der Waals surface area contributed by atoms with Gasteiger partial charge in [-0.05, 0) is 43.5 Å². The molecule has 1 aromatic rings. The Hall–Kier alpha value is -1.38. The van der Waals surface area contributed by atoms with Crippen LogP contribution in [-0.4, -0.2) is 25.3 Å². The highest BCUT2D eigenvalue weighted by atomic mass is 32.2. The zero-order chi connectivity index (χ0) is 13.3. The molecule has 0 atom stereocenters. The molecule has 1 aromatic carbocycles. The summed E-state index contributed by atoms with van der Waals surface area (Å²) in [7, 11) is -3.42. The molecule has 0 bridgehead atoms. The van der Waals surface area contributed by atoms with Crippen LogP contribution in [0.4, 0.5) is 0 Å². The Morgan fingerprint density at radius 2 is 2.11 bits per heavy atom. The number of rotatable bonds is 4. The van der Waals surface area contributed by atoms with Gasteiger partial charge in [0.05, 0.1) is 16.5 Å². The van der Waals surface area contributed by atoms with E-state index < -0.39 is 10.0 Å². The molecule has 1 fully saturated rings. The quantitative estimate of drug-likeness (QED) is 0.836. The maximum atomic E-state index is 12.5. The summed E-state index contributed by atoms with van der Waals surface area (Å²) in [5.74, 6) is 0. The molecule has 0 amide bonds. The molecule has 96 valence electrons. The van der Waals surface area contributed by atoms with E-state index in [-0.39, 0.29) is 6.04 Å². The summed E-state index contributed by atoms with van der Waals surface area (Å²) in [6.07, 6.45) is 1.89. The summed E-state index contributed by atoms with van der Waals surface area (Å²) in [5.41, 5.74) is 1.12. The first-order valence-electron chi connectivity index (χ1n) is 6.03. The highest BCUT2D eigenvalue weighted by molar-refractivity contribution is 7.89. The molecule has 18 heavy (non-hydrogen) atoms. The molecule has 1 aliphatic rings. The van der Waals surface area contributed by atoms with Crippen molar-refractivity contribution in [1.29, 1.82) is 5.26 Å². The van der Waals surface area contributed by atoms with E-state index in [0.29, 0.717) is 22.6 Å². The fourth-order valence-corrected chi connectivity index (χ4v) is 4.02. The molecular weight excluding hydrogens is 248 g/mol. The third-order valence-electron chi connectivity index (χ3n) is 3.16. The van der Waals surface area contributed by atoms with Crippen LogP contribution in [0.25, 0.3) is 0 Å². The highest BCUT2D eigenvalue weighted by Crippen LogP contribution is 2.32. The van der Waals surface area contributed by atoms with Gasteiger partial charge in [0.15, 0.2) is 0 Å². The van der Waals surface area contributed by atoms with Gasteiger partial charge >= 0.3 is 0 Å². The Bertz CT molecular complexity index is 598. The molecule has 0 N–H and O–H groups in total. The second-order valence-corrected chi connectivity index (χ2v) is 6.39. The van der Waals surface area contributed by atoms with Gasteiger partial charge in [0.25, 0.3) is 0 Å². The molecule has 2 rings (SSSR count). The number of nitriles is 1. The van der Waals surface area contributed by atoms with E-state index in [1.165, 1.54) is 6.07 Å². The molecular formula is C13H16N2O2S. The molecule has 0 aliphatic heterocycles. The van der Waals surface area contributed by atoms with Crippen LogP contribution >= 0.6 is 0 Å².